The van der Waals surface area contributed by atoms with Crippen LogP contribution in [0.25, 0.3) is 0 Å². The second kappa shape index (κ2) is 9.28. The molecule has 0 saturated carbocycles. The number of benzene rings is 1. The topological polar surface area (TPSA) is 15.3 Å². The van der Waals surface area contributed by atoms with Gasteiger partial charge in [-0.25, -0.2) is 0 Å². The molecule has 0 fully saturated rings. The highest BCUT2D eigenvalue weighted by Crippen LogP contribution is 2.19. The summed E-state index contributed by atoms with van der Waals surface area (Å²) < 4.78 is 2.48. The Morgan fingerprint density at radius 3 is 2.67 bits per heavy atom. The fourth-order valence-electron chi connectivity index (χ4n) is 1.87. The molecule has 0 amide bonds. The molecule has 4 heteroatoms. The normalized spacial score (nSPS) is 11.2. The Morgan fingerprint density at radius 1 is 1.28 bits per heavy atom. The van der Waals surface area contributed by atoms with Gasteiger partial charge in [0.25, 0.3) is 0 Å². The third-order valence-corrected chi connectivity index (χ3v) is 4.49. The molecule has 1 rings (SSSR count). The Kier molecular flexibility index (Phi) is 8.46. The SMILES string of the molecule is CCN(CC)CCCNCc1cc(I)ccc1Br. The molecule has 0 saturated heterocycles. The smallest absolute Gasteiger partial charge is 0.0220 e. The fraction of sp³-hybridized carbons (Fsp3) is 0.571. The van der Waals surface area contributed by atoms with Gasteiger partial charge in [-0.1, -0.05) is 29.8 Å². The monoisotopic (exact) mass is 424 g/mol. The van der Waals surface area contributed by atoms with E-state index in [1.54, 1.807) is 0 Å². The second-order valence-electron chi connectivity index (χ2n) is 4.29. The van der Waals surface area contributed by atoms with Gasteiger partial charge >= 0.3 is 0 Å². The van der Waals surface area contributed by atoms with E-state index in [1.165, 1.54) is 26.6 Å². The molecule has 0 heterocycles. The molecule has 1 aromatic rings. The molecule has 0 spiro atoms. The Hall–Kier alpha value is 0.350. The van der Waals surface area contributed by atoms with Crippen molar-refractivity contribution >= 4 is 38.5 Å². The molecule has 2 nitrogen and oxygen atoms in total. The second-order valence-corrected chi connectivity index (χ2v) is 6.39. The average Bonchev–Trinajstić information content (AvgIpc) is 2.38. The van der Waals surface area contributed by atoms with E-state index in [0.717, 1.165) is 26.2 Å². The summed E-state index contributed by atoms with van der Waals surface area (Å²) in [6.45, 7) is 9.95. The molecule has 0 aliphatic carbocycles. The quantitative estimate of drug-likeness (QED) is 0.503. The number of nitrogens with one attached hydrogen (secondary N) is 1. The zero-order chi connectivity index (χ0) is 13.4. The van der Waals surface area contributed by atoms with Crippen LogP contribution in [0.15, 0.2) is 22.7 Å². The van der Waals surface area contributed by atoms with Gasteiger partial charge in [0.05, 0.1) is 0 Å². The highest BCUT2D eigenvalue weighted by molar-refractivity contribution is 14.1. The van der Waals surface area contributed by atoms with E-state index < -0.39 is 0 Å². The Bertz CT molecular complexity index is 354. The van der Waals surface area contributed by atoms with E-state index in [1.807, 2.05) is 0 Å². The molecule has 0 radical (unpaired) electrons. The van der Waals surface area contributed by atoms with E-state index in [2.05, 4.69) is 80.8 Å². The first kappa shape index (κ1) is 16.4. The summed E-state index contributed by atoms with van der Waals surface area (Å²) in [4.78, 5) is 2.46. The standard InChI is InChI=1S/C14H22BrIN2/c1-3-18(4-2)9-5-8-17-11-12-10-13(16)6-7-14(12)15/h6-7,10,17H,3-5,8-9,11H2,1-2H3. The van der Waals surface area contributed by atoms with Crippen molar-refractivity contribution in [3.05, 3.63) is 31.8 Å². The van der Waals surface area contributed by atoms with Crippen molar-refractivity contribution < 1.29 is 0 Å². The molecule has 1 N–H and O–H groups in total. The maximum atomic E-state index is 3.59. The molecular weight excluding hydrogens is 403 g/mol. The summed E-state index contributed by atoms with van der Waals surface area (Å²) in [5.74, 6) is 0. The summed E-state index contributed by atoms with van der Waals surface area (Å²) in [6, 6.07) is 6.46. The average molecular weight is 425 g/mol. The van der Waals surface area contributed by atoms with Crippen molar-refractivity contribution in [3.63, 3.8) is 0 Å². The van der Waals surface area contributed by atoms with Crippen LogP contribution in [0.2, 0.25) is 0 Å². The highest BCUT2D eigenvalue weighted by Gasteiger charge is 2.01. The van der Waals surface area contributed by atoms with Crippen LogP contribution < -0.4 is 5.32 Å². The summed E-state index contributed by atoms with van der Waals surface area (Å²) in [5, 5.41) is 3.51. The number of hydrogen-bond acceptors (Lipinski definition) is 2. The molecule has 0 bridgehead atoms. The van der Waals surface area contributed by atoms with Crippen LogP contribution >= 0.6 is 38.5 Å². The first-order chi connectivity index (χ1) is 8.67. The lowest BCUT2D eigenvalue weighted by Crippen LogP contribution is -2.27. The van der Waals surface area contributed by atoms with Crippen molar-refractivity contribution in [2.24, 2.45) is 0 Å². The summed E-state index contributed by atoms with van der Waals surface area (Å²) >= 11 is 5.95. The van der Waals surface area contributed by atoms with Crippen molar-refractivity contribution in [2.75, 3.05) is 26.2 Å². The molecule has 0 aliphatic heterocycles. The summed E-state index contributed by atoms with van der Waals surface area (Å²) in [6.07, 6.45) is 1.21. The lowest BCUT2D eigenvalue weighted by atomic mass is 10.2. The minimum Gasteiger partial charge on any atom is -0.313 e. The minimum absolute atomic E-state index is 0.940. The van der Waals surface area contributed by atoms with Gasteiger partial charge in [-0.2, -0.15) is 0 Å². The molecular formula is C14H22BrIN2. The largest absolute Gasteiger partial charge is 0.313 e. The van der Waals surface area contributed by atoms with Crippen LogP contribution in [0.1, 0.15) is 25.8 Å². The lowest BCUT2D eigenvalue weighted by molar-refractivity contribution is 0.298. The van der Waals surface area contributed by atoms with Crippen molar-refractivity contribution in [1.29, 1.82) is 0 Å². The number of hydrogen-bond donors (Lipinski definition) is 1. The van der Waals surface area contributed by atoms with Gasteiger partial charge in [-0.05, 0) is 79.0 Å². The van der Waals surface area contributed by atoms with Gasteiger partial charge in [0.1, 0.15) is 0 Å². The zero-order valence-corrected chi connectivity index (χ0v) is 14.9. The van der Waals surface area contributed by atoms with Gasteiger partial charge in [0.2, 0.25) is 0 Å². The van der Waals surface area contributed by atoms with Crippen molar-refractivity contribution in [1.82, 2.24) is 10.2 Å². The van der Waals surface area contributed by atoms with E-state index in [0.29, 0.717) is 0 Å². The van der Waals surface area contributed by atoms with E-state index >= 15 is 0 Å². The molecule has 0 unspecified atom stereocenters. The Balaban J connectivity index is 2.23. The molecule has 102 valence electrons. The summed E-state index contributed by atoms with van der Waals surface area (Å²) in [7, 11) is 0. The van der Waals surface area contributed by atoms with Crippen molar-refractivity contribution in [2.45, 2.75) is 26.8 Å². The van der Waals surface area contributed by atoms with Gasteiger partial charge in [0.15, 0.2) is 0 Å². The van der Waals surface area contributed by atoms with E-state index in [-0.39, 0.29) is 0 Å². The molecule has 18 heavy (non-hydrogen) atoms. The maximum absolute atomic E-state index is 3.59. The van der Waals surface area contributed by atoms with Crippen LogP contribution in [-0.4, -0.2) is 31.1 Å². The van der Waals surface area contributed by atoms with Gasteiger partial charge < -0.3 is 10.2 Å². The molecule has 0 aromatic heterocycles. The Labute approximate surface area is 133 Å². The van der Waals surface area contributed by atoms with Gasteiger partial charge in [0, 0.05) is 14.6 Å². The number of rotatable bonds is 8. The highest BCUT2D eigenvalue weighted by atomic mass is 127. The summed E-state index contributed by atoms with van der Waals surface area (Å²) in [5.41, 5.74) is 1.34. The first-order valence-corrected chi connectivity index (χ1v) is 8.41. The number of halogens is 2. The third-order valence-electron chi connectivity index (χ3n) is 3.05. The van der Waals surface area contributed by atoms with Gasteiger partial charge in [-0.3, -0.25) is 0 Å². The molecule has 1 aromatic carbocycles. The fourth-order valence-corrected chi connectivity index (χ4v) is 2.81. The first-order valence-electron chi connectivity index (χ1n) is 6.54. The molecule has 0 aliphatic rings. The predicted molar refractivity (Wildman–Crippen MR) is 91.0 cm³/mol. The third kappa shape index (κ3) is 5.99. The van der Waals surface area contributed by atoms with Crippen molar-refractivity contribution in [3.8, 4) is 0 Å². The lowest BCUT2D eigenvalue weighted by Gasteiger charge is -2.17. The minimum atomic E-state index is 0.940. The predicted octanol–water partition coefficient (Wildman–Crippen LogP) is 3.88. The van der Waals surface area contributed by atoms with E-state index in [4.69, 9.17) is 0 Å². The van der Waals surface area contributed by atoms with Crippen LogP contribution in [0.3, 0.4) is 0 Å². The van der Waals surface area contributed by atoms with Crippen LogP contribution in [-0.2, 0) is 6.54 Å². The van der Waals surface area contributed by atoms with Crippen LogP contribution in [0.4, 0.5) is 0 Å². The van der Waals surface area contributed by atoms with E-state index in [9.17, 15) is 0 Å². The van der Waals surface area contributed by atoms with Gasteiger partial charge in [-0.15, -0.1) is 0 Å². The van der Waals surface area contributed by atoms with Crippen LogP contribution in [0.5, 0.6) is 0 Å². The zero-order valence-electron chi connectivity index (χ0n) is 11.2. The Morgan fingerprint density at radius 2 is 2.00 bits per heavy atom. The van der Waals surface area contributed by atoms with Crippen LogP contribution in [0, 0.1) is 3.57 Å². The maximum Gasteiger partial charge on any atom is 0.0220 e. The number of nitrogens with zero attached hydrogens (tertiary/aromatic N) is 1. The molecule has 0 atom stereocenters.